The fraction of sp³-hybridized carbons (Fsp3) is 0.692. The fourth-order valence-electron chi connectivity index (χ4n) is 3.28. The molecule has 1 saturated heterocycles. The number of rotatable bonds is 2. The lowest BCUT2D eigenvalue weighted by atomic mass is 10.00. The minimum Gasteiger partial charge on any atom is -0.393 e. The number of carbonyl (C=O) groups is 1. The van der Waals surface area contributed by atoms with E-state index in [1.807, 2.05) is 0 Å². The molecule has 5 nitrogen and oxygen atoms in total. The highest BCUT2D eigenvalue weighted by atomic mass is 19.4. The van der Waals surface area contributed by atoms with E-state index in [4.69, 9.17) is 0 Å². The van der Waals surface area contributed by atoms with E-state index in [1.54, 1.807) is 4.90 Å². The van der Waals surface area contributed by atoms with Crippen LogP contribution in [0.1, 0.15) is 18.5 Å². The monoisotopic (exact) mass is 303 g/mol. The number of fused-ring (bicyclic) bond motifs is 1. The van der Waals surface area contributed by atoms with Gasteiger partial charge in [0.1, 0.15) is 6.54 Å². The molecule has 2 heterocycles. The van der Waals surface area contributed by atoms with Crippen molar-refractivity contribution in [3.63, 3.8) is 0 Å². The molecule has 1 aromatic heterocycles. The van der Waals surface area contributed by atoms with Crippen LogP contribution in [0.5, 0.6) is 0 Å². The molecule has 3 rings (SSSR count). The standard InChI is InChI=1S/C13H16F3N3O2/c14-13(15,16)11-3-4-19(17-11)7-12(21)18-5-8-1-2-10(20)9(8)6-18/h3-4,8-10,20H,1-2,5-7H2. The van der Waals surface area contributed by atoms with Gasteiger partial charge in [-0.15, -0.1) is 0 Å². The normalized spacial score (nSPS) is 29.0. The zero-order valence-corrected chi connectivity index (χ0v) is 11.3. The number of aliphatic hydroxyl groups is 1. The molecule has 0 spiro atoms. The van der Waals surface area contributed by atoms with Crippen molar-refractivity contribution < 1.29 is 23.1 Å². The van der Waals surface area contributed by atoms with Crippen LogP contribution in [-0.2, 0) is 17.5 Å². The Balaban J connectivity index is 1.61. The van der Waals surface area contributed by atoms with Crippen molar-refractivity contribution in [3.8, 4) is 0 Å². The molecule has 1 saturated carbocycles. The fourth-order valence-corrected chi connectivity index (χ4v) is 3.28. The first kappa shape index (κ1) is 14.4. The van der Waals surface area contributed by atoms with Gasteiger partial charge in [-0.25, -0.2) is 0 Å². The van der Waals surface area contributed by atoms with Crippen LogP contribution in [0.15, 0.2) is 12.3 Å². The lowest BCUT2D eigenvalue weighted by Crippen LogP contribution is -2.33. The predicted octanol–water partition coefficient (Wildman–Crippen LogP) is 1.13. The van der Waals surface area contributed by atoms with E-state index >= 15 is 0 Å². The van der Waals surface area contributed by atoms with E-state index < -0.39 is 11.9 Å². The van der Waals surface area contributed by atoms with Gasteiger partial charge in [-0.05, 0) is 24.8 Å². The number of hydrogen-bond acceptors (Lipinski definition) is 3. The number of hydrogen-bond donors (Lipinski definition) is 1. The molecule has 1 aliphatic carbocycles. The summed E-state index contributed by atoms with van der Waals surface area (Å²) in [6.45, 7) is 0.859. The van der Waals surface area contributed by atoms with E-state index in [2.05, 4.69) is 5.10 Å². The van der Waals surface area contributed by atoms with Gasteiger partial charge in [0.05, 0.1) is 6.10 Å². The number of nitrogens with zero attached hydrogens (tertiary/aromatic N) is 3. The van der Waals surface area contributed by atoms with Crippen LogP contribution in [0.4, 0.5) is 13.2 Å². The van der Waals surface area contributed by atoms with Crippen molar-refractivity contribution in [3.05, 3.63) is 18.0 Å². The Kier molecular flexibility index (Phi) is 3.43. The zero-order chi connectivity index (χ0) is 15.2. The van der Waals surface area contributed by atoms with Gasteiger partial charge in [-0.2, -0.15) is 18.3 Å². The molecule has 2 fully saturated rings. The van der Waals surface area contributed by atoms with Crippen LogP contribution in [0.25, 0.3) is 0 Å². The molecule has 1 amide bonds. The first-order valence-electron chi connectivity index (χ1n) is 6.91. The summed E-state index contributed by atoms with van der Waals surface area (Å²) < 4.78 is 38.3. The average molecular weight is 303 g/mol. The van der Waals surface area contributed by atoms with E-state index in [-0.39, 0.29) is 24.5 Å². The van der Waals surface area contributed by atoms with Gasteiger partial charge in [0.2, 0.25) is 5.91 Å². The Morgan fingerprint density at radius 3 is 2.76 bits per heavy atom. The highest BCUT2D eigenvalue weighted by Gasteiger charge is 2.43. The van der Waals surface area contributed by atoms with Gasteiger partial charge in [-0.1, -0.05) is 0 Å². The second-order valence-electron chi connectivity index (χ2n) is 5.76. The topological polar surface area (TPSA) is 58.4 Å². The predicted molar refractivity (Wildman–Crippen MR) is 66.0 cm³/mol. The third-order valence-electron chi connectivity index (χ3n) is 4.40. The maximum Gasteiger partial charge on any atom is 0.435 e. The van der Waals surface area contributed by atoms with Gasteiger partial charge in [0, 0.05) is 25.2 Å². The smallest absolute Gasteiger partial charge is 0.393 e. The molecule has 3 unspecified atom stereocenters. The Bertz CT molecular complexity index is 543. The van der Waals surface area contributed by atoms with Crippen LogP contribution in [0, 0.1) is 11.8 Å². The molecule has 3 atom stereocenters. The SMILES string of the molecule is O=C(Cn1ccc(C(F)(F)F)n1)N1CC2CCC(O)C2C1. The van der Waals surface area contributed by atoms with Crippen molar-refractivity contribution in [2.24, 2.45) is 11.8 Å². The Labute approximate surface area is 119 Å². The lowest BCUT2D eigenvalue weighted by molar-refractivity contribution is -0.142. The van der Waals surface area contributed by atoms with Crippen LogP contribution in [0.3, 0.4) is 0 Å². The third-order valence-corrected chi connectivity index (χ3v) is 4.40. The van der Waals surface area contributed by atoms with Crippen LogP contribution >= 0.6 is 0 Å². The van der Waals surface area contributed by atoms with Crippen molar-refractivity contribution in [1.82, 2.24) is 14.7 Å². The Morgan fingerprint density at radius 2 is 2.14 bits per heavy atom. The largest absolute Gasteiger partial charge is 0.435 e. The molecule has 116 valence electrons. The molecule has 1 aromatic rings. The highest BCUT2D eigenvalue weighted by Crippen LogP contribution is 2.38. The third kappa shape index (κ3) is 2.76. The highest BCUT2D eigenvalue weighted by molar-refractivity contribution is 5.76. The molecular formula is C13H16F3N3O2. The van der Waals surface area contributed by atoms with Gasteiger partial charge in [-0.3, -0.25) is 9.48 Å². The van der Waals surface area contributed by atoms with E-state index in [0.29, 0.717) is 19.0 Å². The first-order valence-corrected chi connectivity index (χ1v) is 6.91. The number of halogens is 3. The Morgan fingerprint density at radius 1 is 1.38 bits per heavy atom. The van der Waals surface area contributed by atoms with Gasteiger partial charge >= 0.3 is 6.18 Å². The molecule has 0 radical (unpaired) electrons. The lowest BCUT2D eigenvalue weighted by Gasteiger charge is -2.18. The molecule has 1 aliphatic heterocycles. The van der Waals surface area contributed by atoms with E-state index in [1.165, 1.54) is 0 Å². The Hall–Kier alpha value is -1.57. The number of carbonyl (C=O) groups excluding carboxylic acids is 1. The molecule has 0 bridgehead atoms. The molecule has 0 aromatic carbocycles. The average Bonchev–Trinajstić information content (AvgIpc) is 3.06. The minimum atomic E-state index is -4.50. The quantitative estimate of drug-likeness (QED) is 0.891. The molecular weight excluding hydrogens is 287 g/mol. The van der Waals surface area contributed by atoms with Crippen LogP contribution in [-0.4, -0.2) is 44.9 Å². The second kappa shape index (κ2) is 5.01. The second-order valence-corrected chi connectivity index (χ2v) is 5.76. The summed E-state index contributed by atoms with van der Waals surface area (Å²) in [5.41, 5.74) is -0.996. The first-order chi connectivity index (χ1) is 9.84. The van der Waals surface area contributed by atoms with Crippen molar-refractivity contribution >= 4 is 5.91 Å². The summed E-state index contributed by atoms with van der Waals surface area (Å²) in [5.74, 6) is 0.165. The van der Waals surface area contributed by atoms with Crippen LogP contribution in [0.2, 0.25) is 0 Å². The van der Waals surface area contributed by atoms with Crippen LogP contribution < -0.4 is 0 Å². The van der Waals surface area contributed by atoms with Crippen molar-refractivity contribution in [1.29, 1.82) is 0 Å². The summed E-state index contributed by atoms with van der Waals surface area (Å²) in [7, 11) is 0. The van der Waals surface area contributed by atoms with Gasteiger partial charge in [0.15, 0.2) is 5.69 Å². The maximum absolute atomic E-state index is 12.4. The summed E-state index contributed by atoms with van der Waals surface area (Å²) in [6.07, 6.45) is -2.04. The molecule has 21 heavy (non-hydrogen) atoms. The molecule has 2 aliphatic rings. The van der Waals surface area contributed by atoms with Crippen molar-refractivity contribution in [2.45, 2.75) is 31.7 Å². The van der Waals surface area contributed by atoms with Gasteiger partial charge < -0.3 is 10.0 Å². The summed E-state index contributed by atoms with van der Waals surface area (Å²) in [6, 6.07) is 0.857. The van der Waals surface area contributed by atoms with Gasteiger partial charge in [0.25, 0.3) is 0 Å². The summed E-state index contributed by atoms with van der Waals surface area (Å²) in [5, 5.41) is 13.2. The van der Waals surface area contributed by atoms with E-state index in [0.717, 1.165) is 29.8 Å². The number of alkyl halides is 3. The number of likely N-dealkylation sites (tertiary alicyclic amines) is 1. The zero-order valence-electron chi connectivity index (χ0n) is 11.3. The maximum atomic E-state index is 12.4. The van der Waals surface area contributed by atoms with Crippen molar-refractivity contribution in [2.75, 3.05) is 13.1 Å². The number of aromatic nitrogens is 2. The number of aliphatic hydroxyl groups excluding tert-OH is 1. The minimum absolute atomic E-state index is 0.109. The van der Waals surface area contributed by atoms with E-state index in [9.17, 15) is 23.1 Å². The number of amides is 1. The summed E-state index contributed by atoms with van der Waals surface area (Å²) in [4.78, 5) is 13.7. The summed E-state index contributed by atoms with van der Waals surface area (Å²) >= 11 is 0. The molecule has 8 heteroatoms. The molecule has 1 N–H and O–H groups in total.